The first-order chi connectivity index (χ1) is 22.1. The number of rotatable bonds is 12. The maximum Gasteiger partial charge on any atom is 0.326 e. The first-order valence-electron chi connectivity index (χ1n) is 13.9. The lowest BCUT2D eigenvalue weighted by Crippen LogP contribution is -2.41. The predicted octanol–water partition coefficient (Wildman–Crippen LogP) is 0.231. The van der Waals surface area contributed by atoms with Crippen molar-refractivity contribution in [3.8, 4) is 17.1 Å². The third-order valence-corrected chi connectivity index (χ3v) is 6.91. The van der Waals surface area contributed by atoms with Gasteiger partial charge >= 0.3 is 5.97 Å². The summed E-state index contributed by atoms with van der Waals surface area (Å²) in [6.45, 7) is 0.115. The predicted molar refractivity (Wildman–Crippen MR) is 164 cm³/mol. The van der Waals surface area contributed by atoms with Gasteiger partial charge in [0, 0.05) is 17.8 Å². The number of hydrogen-bond acceptors (Lipinski definition) is 14. The van der Waals surface area contributed by atoms with Gasteiger partial charge in [0.15, 0.2) is 17.0 Å². The third kappa shape index (κ3) is 7.18. The average molecular weight is 628 g/mol. The van der Waals surface area contributed by atoms with Crippen LogP contribution in [0.2, 0.25) is 0 Å². The Morgan fingerprint density at radius 2 is 1.76 bits per heavy atom. The van der Waals surface area contributed by atoms with Crippen LogP contribution in [0, 0.1) is 0 Å². The number of benzene rings is 2. The van der Waals surface area contributed by atoms with Crippen LogP contribution in [0.5, 0.6) is 5.75 Å². The number of nitrogens with one attached hydrogen (secondary N) is 3. The highest BCUT2D eigenvalue weighted by molar-refractivity contribution is 6.01. The van der Waals surface area contributed by atoms with Gasteiger partial charge in [0.25, 0.3) is 11.8 Å². The van der Waals surface area contributed by atoms with E-state index in [1.54, 1.807) is 24.4 Å². The zero-order valence-corrected chi connectivity index (χ0v) is 24.1. The normalized spacial score (nSPS) is 11.7. The van der Waals surface area contributed by atoms with E-state index in [4.69, 9.17) is 17.2 Å². The van der Waals surface area contributed by atoms with Gasteiger partial charge in [0.2, 0.25) is 11.8 Å². The number of nitrogens with two attached hydrogens (primary N) is 3. The molecular formula is C28H29N13O5. The lowest BCUT2D eigenvalue weighted by molar-refractivity contribution is -0.139. The molecule has 0 bridgehead atoms. The molecule has 0 saturated heterocycles. The highest BCUT2D eigenvalue weighted by atomic mass is 16.4. The fourth-order valence-electron chi connectivity index (χ4n) is 4.62. The Morgan fingerprint density at radius 1 is 0.957 bits per heavy atom. The number of tetrazole rings is 1. The number of aromatic nitrogens is 8. The molecule has 0 fully saturated rings. The van der Waals surface area contributed by atoms with E-state index in [0.29, 0.717) is 40.9 Å². The van der Waals surface area contributed by atoms with Gasteiger partial charge in [-0.15, -0.1) is 10.2 Å². The summed E-state index contributed by atoms with van der Waals surface area (Å²) in [5.74, 6) is -2.49. The molecule has 18 heteroatoms. The number of aromatic amines is 1. The van der Waals surface area contributed by atoms with Crippen molar-refractivity contribution in [2.75, 3.05) is 23.7 Å². The Hall–Kier alpha value is -6.46. The van der Waals surface area contributed by atoms with Gasteiger partial charge in [0.1, 0.15) is 11.8 Å². The Kier molecular flexibility index (Phi) is 9.06. The van der Waals surface area contributed by atoms with Gasteiger partial charge in [-0.2, -0.15) is 15.2 Å². The molecule has 2 aromatic carbocycles. The third-order valence-electron chi connectivity index (χ3n) is 6.91. The average Bonchev–Trinajstić information content (AvgIpc) is 3.56. The Morgan fingerprint density at radius 3 is 2.50 bits per heavy atom. The van der Waals surface area contributed by atoms with E-state index in [-0.39, 0.29) is 59.5 Å². The van der Waals surface area contributed by atoms with Gasteiger partial charge in [-0.05, 0) is 66.8 Å². The molecule has 1 unspecified atom stereocenters. The number of carboxylic acid groups (broad SMARTS) is 1. The number of nitrogens with zero attached hydrogens (tertiary/aromatic N) is 7. The van der Waals surface area contributed by atoms with E-state index < -0.39 is 23.8 Å². The number of amides is 2. The summed E-state index contributed by atoms with van der Waals surface area (Å²) in [5.41, 5.74) is 20.2. The molecule has 18 nitrogen and oxygen atoms in total. The van der Waals surface area contributed by atoms with Gasteiger partial charge in [-0.3, -0.25) is 9.59 Å². The van der Waals surface area contributed by atoms with Crippen molar-refractivity contribution < 1.29 is 24.6 Å². The number of carbonyl (C=O) groups excluding carboxylic acids is 2. The molecule has 0 aliphatic heterocycles. The summed E-state index contributed by atoms with van der Waals surface area (Å²) in [6.07, 6.45) is 2.66. The number of anilines is 3. The van der Waals surface area contributed by atoms with Gasteiger partial charge < -0.3 is 38.0 Å². The van der Waals surface area contributed by atoms with Crippen LogP contribution in [-0.2, 0) is 17.6 Å². The number of carboxylic acids is 1. The van der Waals surface area contributed by atoms with Gasteiger partial charge in [0.05, 0.1) is 23.0 Å². The van der Waals surface area contributed by atoms with Crippen LogP contribution in [0.1, 0.15) is 44.8 Å². The number of aromatic hydroxyl groups is 1. The molecule has 236 valence electrons. The van der Waals surface area contributed by atoms with E-state index >= 15 is 0 Å². The molecular weight excluding hydrogens is 598 g/mol. The smallest absolute Gasteiger partial charge is 0.326 e. The molecule has 11 N–H and O–H groups in total. The number of aryl methyl sites for hydroxylation is 2. The van der Waals surface area contributed by atoms with Crippen LogP contribution in [0.15, 0.2) is 42.6 Å². The summed E-state index contributed by atoms with van der Waals surface area (Å²) in [7, 11) is 0. The molecule has 3 aromatic heterocycles. The van der Waals surface area contributed by atoms with Crippen LogP contribution in [0.3, 0.4) is 0 Å². The van der Waals surface area contributed by atoms with E-state index in [2.05, 4.69) is 51.2 Å². The molecule has 46 heavy (non-hydrogen) atoms. The molecule has 0 saturated carbocycles. The topological polar surface area (TPSA) is 300 Å². The molecule has 3 heterocycles. The first-order valence-corrected chi connectivity index (χ1v) is 13.9. The maximum atomic E-state index is 12.9. The van der Waals surface area contributed by atoms with Crippen molar-refractivity contribution >= 4 is 46.4 Å². The number of nitrogen functional groups attached to an aromatic ring is 3. The van der Waals surface area contributed by atoms with Crippen LogP contribution in [0.4, 0.5) is 17.5 Å². The number of phenolic OH excluding ortho intramolecular Hbond substituents is 1. The SMILES string of the molecule is Nc1ccc(C(=O)NCCCC(NC(=O)c2ccc(CCc3cnc4nc(N)nc(N)c4n3)cc2O)C(=O)O)c(-c2nn[nH]n2)c1. The minimum absolute atomic E-state index is 0.00254. The van der Waals surface area contributed by atoms with Crippen molar-refractivity contribution in [2.24, 2.45) is 0 Å². The van der Waals surface area contributed by atoms with Crippen LogP contribution in [0.25, 0.3) is 22.6 Å². The van der Waals surface area contributed by atoms with Crippen molar-refractivity contribution in [1.82, 2.24) is 51.2 Å². The highest BCUT2D eigenvalue weighted by Gasteiger charge is 2.23. The quantitative estimate of drug-likeness (QED) is 0.0678. The van der Waals surface area contributed by atoms with Crippen molar-refractivity contribution in [3.63, 3.8) is 0 Å². The fourth-order valence-corrected chi connectivity index (χ4v) is 4.62. The number of aliphatic carboxylic acids is 1. The number of H-pyrrole nitrogens is 1. The molecule has 0 aliphatic carbocycles. The minimum atomic E-state index is -1.27. The van der Waals surface area contributed by atoms with E-state index in [1.165, 1.54) is 18.2 Å². The molecule has 5 aromatic rings. The number of fused-ring (bicyclic) bond motifs is 1. The summed E-state index contributed by atoms with van der Waals surface area (Å²) in [5, 5.41) is 39.0. The van der Waals surface area contributed by atoms with Crippen molar-refractivity contribution in [2.45, 2.75) is 31.7 Å². The van der Waals surface area contributed by atoms with Crippen LogP contribution < -0.4 is 27.8 Å². The maximum absolute atomic E-state index is 12.9. The number of carbonyl (C=O) groups is 3. The lowest BCUT2D eigenvalue weighted by Gasteiger charge is -2.16. The number of phenols is 1. The number of hydrogen-bond donors (Lipinski definition) is 8. The Bertz CT molecular complexity index is 1920. The lowest BCUT2D eigenvalue weighted by atomic mass is 10.0. The molecule has 0 radical (unpaired) electrons. The second-order valence-electron chi connectivity index (χ2n) is 10.2. The second-order valence-corrected chi connectivity index (χ2v) is 10.2. The van der Waals surface area contributed by atoms with E-state index in [9.17, 15) is 24.6 Å². The summed E-state index contributed by atoms with van der Waals surface area (Å²) in [4.78, 5) is 54.1. The van der Waals surface area contributed by atoms with Gasteiger partial charge in [-0.25, -0.2) is 14.8 Å². The molecule has 0 aliphatic rings. The fraction of sp³-hybridized carbons (Fsp3) is 0.214. The van der Waals surface area contributed by atoms with Crippen molar-refractivity contribution in [3.05, 3.63) is 65.0 Å². The zero-order valence-electron chi connectivity index (χ0n) is 24.1. The monoisotopic (exact) mass is 627 g/mol. The van der Waals surface area contributed by atoms with Crippen LogP contribution in [-0.4, -0.2) is 81.1 Å². The zero-order chi connectivity index (χ0) is 32.8. The summed E-state index contributed by atoms with van der Waals surface area (Å²) >= 11 is 0. The van der Waals surface area contributed by atoms with E-state index in [1.807, 2.05) is 0 Å². The highest BCUT2D eigenvalue weighted by Crippen LogP contribution is 2.23. The molecule has 0 spiro atoms. The Labute approximate surface area is 259 Å². The standard InChI is InChI=1S/C28H29N13O5/c29-14-5-8-16(18(11-14)23-38-40-41-39-23)25(43)32-9-1-2-19(27(45)46)35-26(44)17-7-4-13(10-20(17)42)3-6-15-12-33-24-21(34-15)22(30)36-28(31)37-24/h4-5,7-8,10-12,19,42H,1-3,6,9,29H2,(H,32,43)(H,35,44)(H,45,46)(H,38,39,40,41)(H4,30,31,33,36,37). The largest absolute Gasteiger partial charge is 0.507 e. The Balaban J connectivity index is 1.14. The van der Waals surface area contributed by atoms with Gasteiger partial charge in [-0.1, -0.05) is 6.07 Å². The summed E-state index contributed by atoms with van der Waals surface area (Å²) < 4.78 is 0. The molecule has 5 rings (SSSR count). The second kappa shape index (κ2) is 13.5. The molecule has 1 atom stereocenters. The summed E-state index contributed by atoms with van der Waals surface area (Å²) in [6, 6.07) is 7.83. The van der Waals surface area contributed by atoms with Crippen LogP contribution >= 0.6 is 0 Å². The van der Waals surface area contributed by atoms with E-state index in [0.717, 1.165) is 0 Å². The first kappa shape index (κ1) is 31.0. The minimum Gasteiger partial charge on any atom is -0.507 e. The van der Waals surface area contributed by atoms with Crippen molar-refractivity contribution in [1.29, 1.82) is 0 Å². The molecule has 2 amide bonds.